The van der Waals surface area contributed by atoms with E-state index < -0.39 is 0 Å². The number of likely N-dealkylation sites (N-methyl/N-ethyl adjacent to an activating group) is 1. The molecule has 2 rings (SSSR count). The van der Waals surface area contributed by atoms with Crippen molar-refractivity contribution in [1.82, 2.24) is 0 Å². The number of methoxy groups -OCH3 is 1. The number of aryl methyl sites for hydroxylation is 1. The molecule has 0 spiro atoms. The van der Waals surface area contributed by atoms with E-state index in [9.17, 15) is 4.79 Å². The van der Waals surface area contributed by atoms with Crippen molar-refractivity contribution < 1.29 is 9.53 Å². The minimum absolute atomic E-state index is 0.163. The molecule has 1 aromatic carbocycles. The second-order valence-electron chi connectivity index (χ2n) is 3.94. The number of esters is 1. The Kier molecular flexibility index (Phi) is 3.19. The summed E-state index contributed by atoms with van der Waals surface area (Å²) in [5.74, 6) is -0.163. The normalized spacial score (nSPS) is 19.2. The van der Waals surface area contributed by atoms with Crippen molar-refractivity contribution in [2.24, 2.45) is 0 Å². The van der Waals surface area contributed by atoms with Gasteiger partial charge in [-0.05, 0) is 40.4 Å². The molecule has 1 atom stereocenters. The number of anilines is 1. The van der Waals surface area contributed by atoms with Gasteiger partial charge in [-0.3, -0.25) is 0 Å². The van der Waals surface area contributed by atoms with Gasteiger partial charge in [0, 0.05) is 11.5 Å². The van der Waals surface area contributed by atoms with Crippen LogP contribution in [0.25, 0.3) is 0 Å². The molecular weight excluding hydrogens is 270 g/mol. The maximum absolute atomic E-state index is 11.6. The average Bonchev–Trinajstić information content (AvgIpc) is 2.28. The predicted octanol–water partition coefficient (Wildman–Crippen LogP) is 2.37. The first-order valence-electron chi connectivity index (χ1n) is 5.23. The molecule has 3 nitrogen and oxygen atoms in total. The zero-order valence-electron chi connectivity index (χ0n) is 9.37. The fourth-order valence-corrected chi connectivity index (χ4v) is 2.90. The maximum atomic E-state index is 11.6. The van der Waals surface area contributed by atoms with Crippen molar-refractivity contribution in [2.45, 2.75) is 18.9 Å². The maximum Gasteiger partial charge on any atom is 0.328 e. The fourth-order valence-electron chi connectivity index (χ4n) is 2.21. The lowest BCUT2D eigenvalue weighted by atomic mass is 9.96. The number of halogens is 1. The van der Waals surface area contributed by atoms with Crippen molar-refractivity contribution in [1.29, 1.82) is 0 Å². The number of rotatable bonds is 1. The van der Waals surface area contributed by atoms with Crippen LogP contribution in [0.2, 0.25) is 0 Å². The van der Waals surface area contributed by atoms with Crippen molar-refractivity contribution >= 4 is 27.6 Å². The third-order valence-electron chi connectivity index (χ3n) is 3.05. The van der Waals surface area contributed by atoms with Gasteiger partial charge in [0.2, 0.25) is 0 Å². The van der Waals surface area contributed by atoms with E-state index in [0.29, 0.717) is 0 Å². The Hall–Kier alpha value is -1.03. The van der Waals surface area contributed by atoms with E-state index >= 15 is 0 Å². The summed E-state index contributed by atoms with van der Waals surface area (Å²) >= 11 is 3.53. The third kappa shape index (κ3) is 1.82. The summed E-state index contributed by atoms with van der Waals surface area (Å²) in [5, 5.41) is 0. The highest BCUT2D eigenvalue weighted by atomic mass is 79.9. The summed E-state index contributed by atoms with van der Waals surface area (Å²) in [5.41, 5.74) is 2.38. The molecule has 4 heteroatoms. The van der Waals surface area contributed by atoms with Gasteiger partial charge >= 0.3 is 5.97 Å². The van der Waals surface area contributed by atoms with E-state index in [0.717, 1.165) is 23.0 Å². The number of carbonyl (C=O) groups excluding carboxylic acids is 1. The lowest BCUT2D eigenvalue weighted by Gasteiger charge is -2.34. The van der Waals surface area contributed by atoms with Crippen molar-refractivity contribution in [3.8, 4) is 0 Å². The molecule has 0 bridgehead atoms. The molecule has 0 saturated carbocycles. The Morgan fingerprint density at radius 1 is 1.56 bits per heavy atom. The first-order chi connectivity index (χ1) is 7.65. The smallest absolute Gasteiger partial charge is 0.328 e. The zero-order chi connectivity index (χ0) is 11.7. The quantitative estimate of drug-likeness (QED) is 0.741. The Morgan fingerprint density at radius 3 is 3.00 bits per heavy atom. The molecule has 1 aromatic rings. The van der Waals surface area contributed by atoms with Gasteiger partial charge in [0.15, 0.2) is 0 Å². The highest BCUT2D eigenvalue weighted by Gasteiger charge is 2.30. The minimum Gasteiger partial charge on any atom is -0.467 e. The largest absolute Gasteiger partial charge is 0.467 e. The average molecular weight is 284 g/mol. The number of hydrogen-bond acceptors (Lipinski definition) is 3. The Labute approximate surface area is 104 Å². The molecule has 0 N–H and O–H groups in total. The molecule has 0 fully saturated rings. The van der Waals surface area contributed by atoms with E-state index in [4.69, 9.17) is 4.74 Å². The number of fused-ring (bicyclic) bond motifs is 1. The second-order valence-corrected chi connectivity index (χ2v) is 4.79. The van der Waals surface area contributed by atoms with E-state index in [1.165, 1.54) is 12.7 Å². The van der Waals surface area contributed by atoms with Gasteiger partial charge in [0.25, 0.3) is 0 Å². The molecule has 0 amide bonds. The first-order valence-corrected chi connectivity index (χ1v) is 6.02. The first kappa shape index (κ1) is 11.5. The van der Waals surface area contributed by atoms with Crippen molar-refractivity contribution in [3.63, 3.8) is 0 Å². The number of nitrogens with zero attached hydrogens (tertiary/aromatic N) is 1. The van der Waals surface area contributed by atoms with Gasteiger partial charge in [-0.1, -0.05) is 12.1 Å². The van der Waals surface area contributed by atoms with Crippen LogP contribution in [-0.4, -0.2) is 26.2 Å². The van der Waals surface area contributed by atoms with E-state index in [-0.39, 0.29) is 12.0 Å². The molecule has 0 radical (unpaired) electrons. The lowest BCUT2D eigenvalue weighted by molar-refractivity contribution is -0.142. The van der Waals surface area contributed by atoms with Gasteiger partial charge in [-0.2, -0.15) is 0 Å². The van der Waals surface area contributed by atoms with Crippen LogP contribution in [0.4, 0.5) is 5.69 Å². The van der Waals surface area contributed by atoms with E-state index in [1.54, 1.807) is 0 Å². The Morgan fingerprint density at radius 2 is 2.31 bits per heavy atom. The summed E-state index contributed by atoms with van der Waals surface area (Å²) in [6.07, 6.45) is 1.73. The molecule has 0 aromatic heterocycles. The molecule has 1 aliphatic heterocycles. The van der Waals surface area contributed by atoms with Crippen molar-refractivity contribution in [3.05, 3.63) is 28.2 Å². The molecule has 0 aliphatic carbocycles. The topological polar surface area (TPSA) is 29.5 Å². The van der Waals surface area contributed by atoms with Gasteiger partial charge in [0.1, 0.15) is 6.04 Å². The summed E-state index contributed by atoms with van der Waals surface area (Å²) in [4.78, 5) is 13.6. The van der Waals surface area contributed by atoms with Gasteiger partial charge in [-0.25, -0.2) is 4.79 Å². The molecule has 1 aliphatic rings. The lowest BCUT2D eigenvalue weighted by Crippen LogP contribution is -2.42. The second kappa shape index (κ2) is 4.45. The highest BCUT2D eigenvalue weighted by Crippen LogP contribution is 2.36. The minimum atomic E-state index is -0.170. The van der Waals surface area contributed by atoms with Crippen LogP contribution < -0.4 is 4.90 Å². The Bertz CT molecular complexity index is 419. The third-order valence-corrected chi connectivity index (χ3v) is 3.69. The number of hydrogen-bond donors (Lipinski definition) is 0. The predicted molar refractivity (Wildman–Crippen MR) is 66.7 cm³/mol. The van der Waals surface area contributed by atoms with Crippen LogP contribution in [0.5, 0.6) is 0 Å². The molecule has 16 heavy (non-hydrogen) atoms. The van der Waals surface area contributed by atoms with Gasteiger partial charge in [-0.15, -0.1) is 0 Å². The number of carbonyl (C=O) groups is 1. The molecule has 86 valence electrons. The Balaban J connectivity index is 2.38. The summed E-state index contributed by atoms with van der Waals surface area (Å²) in [7, 11) is 3.37. The standard InChI is InChI=1S/C12H14BrNO2/c1-14-10(12(15)16-2)7-6-8-4-3-5-9(13)11(8)14/h3-5,10H,6-7H2,1-2H3. The van der Waals surface area contributed by atoms with Crippen LogP contribution in [0.3, 0.4) is 0 Å². The summed E-state index contributed by atoms with van der Waals surface area (Å²) < 4.78 is 5.85. The van der Waals surface area contributed by atoms with Crippen LogP contribution in [0.15, 0.2) is 22.7 Å². The van der Waals surface area contributed by atoms with Crippen LogP contribution in [-0.2, 0) is 16.0 Å². The number of para-hydroxylation sites is 1. The summed E-state index contributed by atoms with van der Waals surface area (Å²) in [6, 6.07) is 5.95. The van der Waals surface area contributed by atoms with Crippen LogP contribution in [0, 0.1) is 0 Å². The number of benzene rings is 1. The van der Waals surface area contributed by atoms with Crippen molar-refractivity contribution in [2.75, 3.05) is 19.1 Å². The fraction of sp³-hybridized carbons (Fsp3) is 0.417. The van der Waals surface area contributed by atoms with E-state index in [2.05, 4.69) is 22.0 Å². The van der Waals surface area contributed by atoms with Crippen LogP contribution in [0.1, 0.15) is 12.0 Å². The van der Waals surface area contributed by atoms with Crippen LogP contribution >= 0.6 is 15.9 Å². The molecule has 1 unspecified atom stereocenters. The molecular formula is C12H14BrNO2. The van der Waals surface area contributed by atoms with Gasteiger partial charge in [0.05, 0.1) is 12.8 Å². The molecule has 0 saturated heterocycles. The number of ether oxygens (including phenoxy) is 1. The molecule has 1 heterocycles. The SMILES string of the molecule is COC(=O)C1CCc2cccc(Br)c2N1C. The zero-order valence-corrected chi connectivity index (χ0v) is 11.0. The van der Waals surface area contributed by atoms with Gasteiger partial charge < -0.3 is 9.64 Å². The monoisotopic (exact) mass is 283 g/mol. The highest BCUT2D eigenvalue weighted by molar-refractivity contribution is 9.10. The summed E-state index contributed by atoms with van der Waals surface area (Å²) in [6.45, 7) is 0. The van der Waals surface area contributed by atoms with E-state index in [1.807, 2.05) is 24.1 Å².